The fourth-order valence-corrected chi connectivity index (χ4v) is 5.36. The Hall–Kier alpha value is -3.48. The number of rotatable bonds is 5. The minimum Gasteiger partial charge on any atom is -0.442 e. The molecule has 3 aliphatic rings. The lowest BCUT2D eigenvalue weighted by atomic mass is 9.96. The number of benzene rings is 2. The number of carbonyl (C=O) groups excluding carboxylic acids is 1. The van der Waals surface area contributed by atoms with Crippen molar-refractivity contribution in [1.82, 2.24) is 20.3 Å². The summed E-state index contributed by atoms with van der Waals surface area (Å²) in [6, 6.07) is 12.5. The van der Waals surface area contributed by atoms with Crippen LogP contribution in [0.1, 0.15) is 5.56 Å². The molecule has 0 spiro atoms. The van der Waals surface area contributed by atoms with Crippen molar-refractivity contribution in [3.63, 3.8) is 0 Å². The van der Waals surface area contributed by atoms with E-state index in [1.807, 2.05) is 30.3 Å². The van der Waals surface area contributed by atoms with E-state index >= 15 is 4.39 Å². The fraction of sp³-hybridized carbons (Fsp3) is 0.333. The number of aromatic nitrogens is 3. The van der Waals surface area contributed by atoms with Crippen molar-refractivity contribution in [3.8, 4) is 11.1 Å². The van der Waals surface area contributed by atoms with Crippen LogP contribution in [0.4, 0.5) is 14.9 Å². The van der Waals surface area contributed by atoms with Crippen LogP contribution in [0.3, 0.4) is 0 Å². The largest absolute Gasteiger partial charge is 0.442 e. The molecule has 0 bridgehead atoms. The molecule has 4 atom stereocenters. The summed E-state index contributed by atoms with van der Waals surface area (Å²) >= 11 is 0. The highest BCUT2D eigenvalue weighted by Crippen LogP contribution is 2.63. The number of hydrogen-bond donors (Lipinski definition) is 1. The molecular formula is C24H22ClFN6O2. The standard InChI is InChI=1S/C24H21FN6O2.ClH/c1-26-24(20-11-27-12-21(20)24)19-7-4-16(10-22(19)25)15-2-5-17(6-3-15)31-14-18(33-23(31)32)13-30-9-8-28-29-30;/h2-10,18,20-21,27H,11-14H2;1H/t18-,20-,21+,24?;/m0./s1. The molecule has 1 saturated carbocycles. The van der Waals surface area contributed by atoms with Crippen LogP contribution in [0.5, 0.6) is 0 Å². The van der Waals surface area contributed by atoms with E-state index < -0.39 is 11.6 Å². The van der Waals surface area contributed by atoms with E-state index in [1.54, 1.807) is 28.0 Å². The van der Waals surface area contributed by atoms with Gasteiger partial charge in [0.1, 0.15) is 11.9 Å². The van der Waals surface area contributed by atoms with Crippen LogP contribution in [0.25, 0.3) is 16.0 Å². The molecule has 1 N–H and O–H groups in total. The second kappa shape index (κ2) is 8.38. The van der Waals surface area contributed by atoms with Crippen molar-refractivity contribution in [2.75, 3.05) is 24.5 Å². The topological polar surface area (TPSA) is 76.6 Å². The third kappa shape index (κ3) is 3.42. The van der Waals surface area contributed by atoms with Gasteiger partial charge in [-0.1, -0.05) is 23.4 Å². The van der Waals surface area contributed by atoms with Gasteiger partial charge in [0.25, 0.3) is 5.54 Å². The highest BCUT2D eigenvalue weighted by molar-refractivity contribution is 5.90. The molecule has 10 heteroatoms. The minimum atomic E-state index is -0.712. The molecule has 2 aliphatic heterocycles. The SMILES string of the molecule is Cl.[C-]#[N+]C1(c2ccc(-c3ccc(N4C[C@H](Cn5ccnn5)OC4=O)cc3)cc2F)[C@@H]2CNC[C@@H]21. The Balaban J connectivity index is 0.00000241. The monoisotopic (exact) mass is 480 g/mol. The highest BCUT2D eigenvalue weighted by atomic mass is 35.5. The van der Waals surface area contributed by atoms with Crippen LogP contribution >= 0.6 is 12.4 Å². The number of nitrogens with zero attached hydrogens (tertiary/aromatic N) is 5. The molecule has 6 rings (SSSR count). The third-order valence-electron chi connectivity index (χ3n) is 7.07. The average molecular weight is 481 g/mol. The first-order valence-electron chi connectivity index (χ1n) is 10.9. The average Bonchev–Trinajstić information content (AvgIpc) is 3.35. The molecule has 34 heavy (non-hydrogen) atoms. The van der Waals surface area contributed by atoms with E-state index in [0.717, 1.165) is 24.2 Å². The van der Waals surface area contributed by atoms with Crippen molar-refractivity contribution in [3.05, 3.63) is 77.7 Å². The highest BCUT2D eigenvalue weighted by Gasteiger charge is 2.76. The molecule has 8 nitrogen and oxygen atoms in total. The number of amides is 1. The van der Waals surface area contributed by atoms with Crippen molar-refractivity contribution in [1.29, 1.82) is 0 Å². The van der Waals surface area contributed by atoms with Crippen molar-refractivity contribution in [2.45, 2.75) is 18.2 Å². The van der Waals surface area contributed by atoms with Crippen molar-refractivity contribution >= 4 is 24.2 Å². The van der Waals surface area contributed by atoms with Gasteiger partial charge in [0, 0.05) is 25.0 Å². The molecular weight excluding hydrogens is 459 g/mol. The molecule has 1 aromatic heterocycles. The Morgan fingerprint density at radius 2 is 1.91 bits per heavy atom. The van der Waals surface area contributed by atoms with Crippen molar-refractivity contribution < 1.29 is 13.9 Å². The van der Waals surface area contributed by atoms with Gasteiger partial charge in [-0.25, -0.2) is 20.4 Å². The summed E-state index contributed by atoms with van der Waals surface area (Å²) in [5.74, 6) is 0.0625. The van der Waals surface area contributed by atoms with E-state index in [9.17, 15) is 4.79 Å². The molecule has 2 saturated heterocycles. The van der Waals surface area contributed by atoms with E-state index in [0.29, 0.717) is 24.3 Å². The Morgan fingerprint density at radius 3 is 2.56 bits per heavy atom. The van der Waals surface area contributed by atoms with Gasteiger partial charge >= 0.3 is 6.09 Å². The molecule has 0 radical (unpaired) electrons. The van der Waals surface area contributed by atoms with Gasteiger partial charge in [0.2, 0.25) is 0 Å². The summed E-state index contributed by atoms with van der Waals surface area (Å²) in [6.45, 7) is 10.1. The molecule has 3 fully saturated rings. The van der Waals surface area contributed by atoms with Crippen LogP contribution in [-0.2, 0) is 16.8 Å². The maximum absolute atomic E-state index is 15.1. The predicted octanol–water partition coefficient (Wildman–Crippen LogP) is 3.50. The summed E-state index contributed by atoms with van der Waals surface area (Å²) in [4.78, 5) is 17.8. The molecule has 3 heterocycles. The Labute approximate surface area is 201 Å². The summed E-state index contributed by atoms with van der Waals surface area (Å²) in [6.07, 6.45) is 2.59. The third-order valence-corrected chi connectivity index (χ3v) is 7.07. The van der Waals surface area contributed by atoms with E-state index in [-0.39, 0.29) is 36.2 Å². The predicted molar refractivity (Wildman–Crippen MR) is 125 cm³/mol. The summed E-state index contributed by atoms with van der Waals surface area (Å²) in [5, 5.41) is 10.9. The lowest BCUT2D eigenvalue weighted by molar-refractivity contribution is 0.129. The first-order valence-corrected chi connectivity index (χ1v) is 10.9. The zero-order valence-electron chi connectivity index (χ0n) is 18.1. The van der Waals surface area contributed by atoms with Gasteiger partial charge in [-0.3, -0.25) is 4.90 Å². The number of ether oxygens (including phenoxy) is 1. The molecule has 1 amide bonds. The van der Waals surface area contributed by atoms with Crippen LogP contribution in [0.2, 0.25) is 0 Å². The first kappa shape index (κ1) is 22.3. The number of fused-ring (bicyclic) bond motifs is 1. The van der Waals surface area contributed by atoms with Gasteiger partial charge in [0.05, 0.1) is 36.7 Å². The van der Waals surface area contributed by atoms with Gasteiger partial charge < -0.3 is 14.9 Å². The van der Waals surface area contributed by atoms with Crippen LogP contribution in [0, 0.1) is 24.2 Å². The zero-order chi connectivity index (χ0) is 22.6. The van der Waals surface area contributed by atoms with E-state index in [2.05, 4.69) is 20.5 Å². The molecule has 2 aromatic carbocycles. The number of halogens is 2. The number of piperidine rings is 1. The van der Waals surface area contributed by atoms with Crippen LogP contribution in [0.15, 0.2) is 54.9 Å². The van der Waals surface area contributed by atoms with E-state index in [1.165, 1.54) is 6.07 Å². The van der Waals surface area contributed by atoms with Crippen molar-refractivity contribution in [2.24, 2.45) is 11.8 Å². The van der Waals surface area contributed by atoms with Gasteiger partial charge in [-0.2, -0.15) is 0 Å². The molecule has 1 aliphatic carbocycles. The second-order valence-corrected chi connectivity index (χ2v) is 8.79. The number of cyclic esters (lactones) is 1. The summed E-state index contributed by atoms with van der Waals surface area (Å²) < 4.78 is 22.2. The minimum absolute atomic E-state index is 0. The second-order valence-electron chi connectivity index (χ2n) is 8.79. The smallest absolute Gasteiger partial charge is 0.414 e. The van der Waals surface area contributed by atoms with Gasteiger partial charge in [-0.15, -0.1) is 17.5 Å². The molecule has 1 unspecified atom stereocenters. The Kier molecular flexibility index (Phi) is 5.50. The first-order chi connectivity index (χ1) is 16.1. The van der Waals surface area contributed by atoms with Gasteiger partial charge in [0.15, 0.2) is 0 Å². The fourth-order valence-electron chi connectivity index (χ4n) is 5.36. The number of nitrogens with one attached hydrogen (secondary N) is 1. The maximum Gasteiger partial charge on any atom is 0.414 e. The number of carbonyl (C=O) groups is 1. The molecule has 3 aromatic rings. The van der Waals surface area contributed by atoms with Crippen LogP contribution in [-0.4, -0.2) is 46.8 Å². The lowest BCUT2D eigenvalue weighted by Crippen LogP contribution is -2.26. The maximum atomic E-state index is 15.1. The zero-order valence-corrected chi connectivity index (χ0v) is 18.9. The van der Waals surface area contributed by atoms with E-state index in [4.69, 9.17) is 11.3 Å². The Bertz CT molecular complexity index is 1250. The quantitative estimate of drug-likeness (QED) is 0.566. The molecule has 174 valence electrons. The van der Waals surface area contributed by atoms with Crippen LogP contribution < -0.4 is 10.2 Å². The lowest BCUT2D eigenvalue weighted by Gasteiger charge is -2.14. The summed E-state index contributed by atoms with van der Waals surface area (Å²) in [5.41, 5.74) is 2.08. The number of hydrogen-bond acceptors (Lipinski definition) is 5. The Morgan fingerprint density at radius 1 is 1.18 bits per heavy atom. The summed E-state index contributed by atoms with van der Waals surface area (Å²) in [7, 11) is 0. The van der Waals surface area contributed by atoms with Gasteiger partial charge in [-0.05, 0) is 35.4 Å². The number of anilines is 1. The normalized spacial score (nSPS) is 27.0.